The van der Waals surface area contributed by atoms with Crippen molar-refractivity contribution < 1.29 is 14.4 Å². The lowest BCUT2D eigenvalue weighted by atomic mass is 9.87. The van der Waals surface area contributed by atoms with Gasteiger partial charge in [-0.3, -0.25) is 14.4 Å². The Hall–Kier alpha value is -3.19. The molecule has 7 nitrogen and oxygen atoms in total. The topological polar surface area (TPSA) is 90.5 Å². The molecule has 2 aliphatic heterocycles. The number of rotatable bonds is 5. The summed E-state index contributed by atoms with van der Waals surface area (Å²) in [5, 5.41) is 9.57. The molecule has 2 aromatic carbocycles. The van der Waals surface area contributed by atoms with Gasteiger partial charge in [0.25, 0.3) is 5.91 Å². The fourth-order valence-electron chi connectivity index (χ4n) is 5.53. The van der Waals surface area contributed by atoms with Crippen LogP contribution in [0.3, 0.4) is 0 Å². The van der Waals surface area contributed by atoms with Gasteiger partial charge in [-0.2, -0.15) is 0 Å². The van der Waals surface area contributed by atoms with Crippen molar-refractivity contribution in [1.29, 1.82) is 0 Å². The zero-order valence-electron chi connectivity index (χ0n) is 19.5. The highest BCUT2D eigenvalue weighted by molar-refractivity contribution is 5.95. The second-order valence-electron chi connectivity index (χ2n) is 9.83. The Kier molecular flexibility index (Phi) is 6.37. The van der Waals surface area contributed by atoms with Crippen molar-refractivity contribution in [2.24, 2.45) is 0 Å². The number of benzene rings is 2. The largest absolute Gasteiger partial charge is 0.348 e. The van der Waals surface area contributed by atoms with Crippen molar-refractivity contribution in [1.82, 2.24) is 20.9 Å². The Morgan fingerprint density at radius 3 is 2.79 bits per heavy atom. The van der Waals surface area contributed by atoms with Crippen LogP contribution in [0.1, 0.15) is 64.8 Å². The Bertz CT molecular complexity index is 1100. The molecule has 3 aliphatic rings. The molecule has 2 unspecified atom stereocenters. The minimum Gasteiger partial charge on any atom is -0.348 e. The van der Waals surface area contributed by atoms with Gasteiger partial charge in [-0.1, -0.05) is 30.3 Å². The molecule has 2 aromatic rings. The minimum absolute atomic E-state index is 0.00435. The molecule has 178 valence electrons. The molecule has 2 heterocycles. The first-order chi connectivity index (χ1) is 16.5. The van der Waals surface area contributed by atoms with Crippen LogP contribution in [0.25, 0.3) is 0 Å². The predicted molar refractivity (Wildman–Crippen MR) is 129 cm³/mol. The Balaban J connectivity index is 1.17. The third kappa shape index (κ3) is 4.57. The summed E-state index contributed by atoms with van der Waals surface area (Å²) in [6, 6.07) is 13.9. The predicted octanol–water partition coefficient (Wildman–Crippen LogP) is 2.24. The number of hydrogen-bond donors (Lipinski definition) is 3. The van der Waals surface area contributed by atoms with E-state index in [2.05, 4.69) is 34.1 Å². The van der Waals surface area contributed by atoms with Crippen LogP contribution >= 0.6 is 0 Å². The molecule has 1 saturated heterocycles. The molecule has 7 heteroatoms. The van der Waals surface area contributed by atoms with Gasteiger partial charge in [-0.25, -0.2) is 0 Å². The maximum Gasteiger partial charge on any atom is 0.251 e. The van der Waals surface area contributed by atoms with E-state index in [4.69, 9.17) is 0 Å². The summed E-state index contributed by atoms with van der Waals surface area (Å²) in [5.74, 6) is -0.150. The van der Waals surface area contributed by atoms with Crippen LogP contribution < -0.4 is 16.0 Å². The van der Waals surface area contributed by atoms with Crippen LogP contribution in [0.5, 0.6) is 0 Å². The van der Waals surface area contributed by atoms with E-state index in [1.807, 2.05) is 31.2 Å². The van der Waals surface area contributed by atoms with Crippen LogP contribution in [-0.2, 0) is 29.0 Å². The van der Waals surface area contributed by atoms with Gasteiger partial charge in [-0.05, 0) is 73.4 Å². The van der Waals surface area contributed by atoms with Gasteiger partial charge in [0.2, 0.25) is 12.3 Å². The van der Waals surface area contributed by atoms with Crippen LogP contribution in [0, 0.1) is 0 Å². The molecule has 1 aliphatic carbocycles. The van der Waals surface area contributed by atoms with Crippen LogP contribution in [0.4, 0.5) is 0 Å². The number of nitrogens with zero attached hydrogens (tertiary/aromatic N) is 1. The van der Waals surface area contributed by atoms with Gasteiger partial charge < -0.3 is 20.9 Å². The van der Waals surface area contributed by atoms with E-state index in [1.54, 1.807) is 4.90 Å². The van der Waals surface area contributed by atoms with Crippen LogP contribution in [-0.4, -0.2) is 47.8 Å². The van der Waals surface area contributed by atoms with E-state index < -0.39 is 0 Å². The number of fused-ring (bicyclic) bond motifs is 2. The average molecular weight is 461 g/mol. The number of aryl methyl sites for hydroxylation is 1. The lowest BCUT2D eigenvalue weighted by Gasteiger charge is -2.32. The molecule has 0 saturated carbocycles. The fraction of sp³-hybridized carbons (Fsp3) is 0.444. The molecule has 3 amide bonds. The summed E-state index contributed by atoms with van der Waals surface area (Å²) in [5.41, 5.74) is 5.34. The first-order valence-corrected chi connectivity index (χ1v) is 12.3. The molecule has 5 rings (SSSR count). The van der Waals surface area contributed by atoms with Crippen molar-refractivity contribution in [2.75, 3.05) is 6.54 Å². The summed E-state index contributed by atoms with van der Waals surface area (Å²) in [6.07, 6.45) is 5.32. The minimum atomic E-state index is -0.314. The molecule has 0 aromatic heterocycles. The Morgan fingerprint density at radius 1 is 1.09 bits per heavy atom. The standard InChI is InChI=1S/C27H32N4O3/c1-17-11-19-9-10-20(12-21(19)15-31(17)16-32)26(33)29-22-13-25(28-14-22)27(34)30-24-8-4-6-18-5-2-3-7-23(18)24/h2-3,5,7,9-10,12,16-17,22,24-25,28H,4,6,8,11,13-15H2,1H3,(H,29,33)(H,30,34)/t17?,22?,24-,25+/m1/s1. The zero-order chi connectivity index (χ0) is 23.7. The number of nitrogens with one attached hydrogen (secondary N) is 3. The maximum absolute atomic E-state index is 13.0. The first-order valence-electron chi connectivity index (χ1n) is 12.3. The van der Waals surface area contributed by atoms with Gasteiger partial charge in [0.05, 0.1) is 12.1 Å². The van der Waals surface area contributed by atoms with Gasteiger partial charge in [0.15, 0.2) is 0 Å². The molecule has 0 radical (unpaired) electrons. The second-order valence-corrected chi connectivity index (χ2v) is 9.83. The number of amides is 3. The highest BCUT2D eigenvalue weighted by atomic mass is 16.2. The van der Waals surface area contributed by atoms with Crippen molar-refractivity contribution in [3.63, 3.8) is 0 Å². The summed E-state index contributed by atoms with van der Waals surface area (Å²) in [4.78, 5) is 38.9. The van der Waals surface area contributed by atoms with Gasteiger partial charge in [0.1, 0.15) is 0 Å². The quantitative estimate of drug-likeness (QED) is 0.597. The second kappa shape index (κ2) is 9.58. The molecule has 3 N–H and O–H groups in total. The van der Waals surface area contributed by atoms with Gasteiger partial charge >= 0.3 is 0 Å². The summed E-state index contributed by atoms with van der Waals surface area (Å²) in [6.45, 7) is 3.12. The molecule has 1 fully saturated rings. The van der Waals surface area contributed by atoms with E-state index in [-0.39, 0.29) is 36.0 Å². The summed E-state index contributed by atoms with van der Waals surface area (Å²) < 4.78 is 0. The highest BCUT2D eigenvalue weighted by Gasteiger charge is 2.32. The van der Waals surface area contributed by atoms with Crippen molar-refractivity contribution >= 4 is 18.2 Å². The lowest BCUT2D eigenvalue weighted by Crippen LogP contribution is -2.42. The molecular weight excluding hydrogens is 428 g/mol. The maximum atomic E-state index is 13.0. The van der Waals surface area contributed by atoms with E-state index in [9.17, 15) is 14.4 Å². The number of carbonyl (C=O) groups excluding carboxylic acids is 3. The van der Waals surface area contributed by atoms with Crippen molar-refractivity contribution in [2.45, 2.75) is 69.7 Å². The number of hydrogen-bond acceptors (Lipinski definition) is 4. The van der Waals surface area contributed by atoms with Crippen LogP contribution in [0.15, 0.2) is 42.5 Å². The van der Waals surface area contributed by atoms with Crippen molar-refractivity contribution in [3.05, 3.63) is 70.3 Å². The SMILES string of the molecule is CC1Cc2ccc(C(=O)NC3CN[C@H](C(=O)N[C@@H]4CCCc5ccccc54)C3)cc2CN1C=O. The lowest BCUT2D eigenvalue weighted by molar-refractivity contribution is -0.123. The van der Waals surface area contributed by atoms with Crippen molar-refractivity contribution in [3.8, 4) is 0 Å². The molecular formula is C27H32N4O3. The molecule has 4 atom stereocenters. The molecule has 34 heavy (non-hydrogen) atoms. The first kappa shape index (κ1) is 22.6. The monoisotopic (exact) mass is 460 g/mol. The van der Waals surface area contributed by atoms with E-state index in [1.165, 1.54) is 16.7 Å². The zero-order valence-corrected chi connectivity index (χ0v) is 19.5. The highest BCUT2D eigenvalue weighted by Crippen LogP contribution is 2.29. The van der Waals surface area contributed by atoms with E-state index >= 15 is 0 Å². The summed E-state index contributed by atoms with van der Waals surface area (Å²) in [7, 11) is 0. The molecule has 0 bridgehead atoms. The third-order valence-corrected chi connectivity index (χ3v) is 7.51. The third-order valence-electron chi connectivity index (χ3n) is 7.51. The number of carbonyl (C=O) groups is 3. The Morgan fingerprint density at radius 2 is 1.94 bits per heavy atom. The van der Waals surface area contributed by atoms with E-state index in [0.717, 1.165) is 37.7 Å². The smallest absolute Gasteiger partial charge is 0.251 e. The summed E-state index contributed by atoms with van der Waals surface area (Å²) >= 11 is 0. The average Bonchev–Trinajstić information content (AvgIpc) is 3.32. The molecule has 0 spiro atoms. The normalized spacial score (nSPS) is 25.7. The van der Waals surface area contributed by atoms with Crippen LogP contribution in [0.2, 0.25) is 0 Å². The van der Waals surface area contributed by atoms with Gasteiger partial charge in [0, 0.05) is 30.7 Å². The van der Waals surface area contributed by atoms with E-state index in [0.29, 0.717) is 25.1 Å². The fourth-order valence-corrected chi connectivity index (χ4v) is 5.53. The Labute approximate surface area is 200 Å². The van der Waals surface area contributed by atoms with Gasteiger partial charge in [-0.15, -0.1) is 0 Å².